The maximum atomic E-state index is 12.3. The molecular weight excluding hydrogens is 368 g/mol. The van der Waals surface area contributed by atoms with E-state index in [-0.39, 0.29) is 17.5 Å². The molecule has 0 saturated carbocycles. The molecule has 2 saturated heterocycles. The topological polar surface area (TPSA) is 83.6 Å². The molecule has 3 rings (SSSR count). The van der Waals surface area contributed by atoms with Crippen molar-refractivity contribution < 1.29 is 14.3 Å². The van der Waals surface area contributed by atoms with Crippen LogP contribution in [0.15, 0.2) is 24.5 Å². The summed E-state index contributed by atoms with van der Waals surface area (Å²) >= 11 is 0. The summed E-state index contributed by atoms with van der Waals surface area (Å²) in [5.41, 5.74) is 0.541. The third-order valence-corrected chi connectivity index (χ3v) is 6.00. The van der Waals surface area contributed by atoms with E-state index in [1.165, 1.54) is 0 Å². The Morgan fingerprint density at radius 2 is 1.97 bits per heavy atom. The number of aromatic nitrogens is 1. The SMILES string of the molecule is CC(C)CNC(=O)N1CCC2(CC1)CC(CCNC(=O)c1ccncc1)CCO2. The second kappa shape index (κ2) is 10.1. The maximum Gasteiger partial charge on any atom is 0.317 e. The Morgan fingerprint density at radius 1 is 1.24 bits per heavy atom. The van der Waals surface area contributed by atoms with E-state index in [9.17, 15) is 9.59 Å². The molecular formula is C22H34N4O3. The number of carbonyl (C=O) groups excluding carboxylic acids is 2. The number of carbonyl (C=O) groups is 2. The number of hydrogen-bond donors (Lipinski definition) is 2. The van der Waals surface area contributed by atoms with Gasteiger partial charge in [-0.05, 0) is 56.1 Å². The van der Waals surface area contributed by atoms with Gasteiger partial charge in [-0.25, -0.2) is 4.79 Å². The summed E-state index contributed by atoms with van der Waals surface area (Å²) in [5, 5.41) is 6.02. The Labute approximate surface area is 173 Å². The summed E-state index contributed by atoms with van der Waals surface area (Å²) in [7, 11) is 0. The normalized spacial score (nSPS) is 21.2. The van der Waals surface area contributed by atoms with Gasteiger partial charge in [-0.2, -0.15) is 0 Å². The highest BCUT2D eigenvalue weighted by atomic mass is 16.5. The van der Waals surface area contributed by atoms with Gasteiger partial charge in [-0.15, -0.1) is 0 Å². The lowest BCUT2D eigenvalue weighted by Gasteiger charge is -2.46. The average molecular weight is 403 g/mol. The van der Waals surface area contributed by atoms with Gasteiger partial charge in [0.15, 0.2) is 0 Å². The van der Waals surface area contributed by atoms with Crippen LogP contribution < -0.4 is 10.6 Å². The zero-order valence-electron chi connectivity index (χ0n) is 17.7. The third-order valence-electron chi connectivity index (χ3n) is 6.00. The number of hydrogen-bond acceptors (Lipinski definition) is 4. The lowest BCUT2D eigenvalue weighted by molar-refractivity contribution is -0.123. The van der Waals surface area contributed by atoms with E-state index in [4.69, 9.17) is 4.74 Å². The van der Waals surface area contributed by atoms with Crippen LogP contribution >= 0.6 is 0 Å². The zero-order chi connectivity index (χ0) is 20.7. The first kappa shape index (κ1) is 21.6. The number of urea groups is 1. The number of rotatable bonds is 6. The Morgan fingerprint density at radius 3 is 2.66 bits per heavy atom. The minimum absolute atomic E-state index is 0.0414. The molecule has 0 aliphatic carbocycles. The van der Waals surface area contributed by atoms with E-state index < -0.39 is 0 Å². The molecule has 1 spiro atoms. The van der Waals surface area contributed by atoms with Crippen LogP contribution in [0.5, 0.6) is 0 Å². The van der Waals surface area contributed by atoms with Crippen molar-refractivity contribution in [3.05, 3.63) is 30.1 Å². The van der Waals surface area contributed by atoms with Crippen molar-refractivity contribution in [1.82, 2.24) is 20.5 Å². The average Bonchev–Trinajstić information content (AvgIpc) is 2.73. The van der Waals surface area contributed by atoms with Crippen LogP contribution in [0, 0.1) is 11.8 Å². The van der Waals surface area contributed by atoms with E-state index in [0.717, 1.165) is 51.8 Å². The lowest BCUT2D eigenvalue weighted by Crippen LogP contribution is -2.53. The summed E-state index contributed by atoms with van der Waals surface area (Å²) in [4.78, 5) is 30.3. The first-order chi connectivity index (χ1) is 14.0. The van der Waals surface area contributed by atoms with E-state index in [1.54, 1.807) is 24.5 Å². The van der Waals surface area contributed by atoms with Gasteiger partial charge in [0.25, 0.3) is 5.91 Å². The Hall–Kier alpha value is -2.15. The molecule has 0 aromatic carbocycles. The zero-order valence-corrected chi connectivity index (χ0v) is 17.7. The van der Waals surface area contributed by atoms with Crippen molar-refractivity contribution >= 4 is 11.9 Å². The van der Waals surface area contributed by atoms with Gasteiger partial charge in [0, 0.05) is 50.7 Å². The number of nitrogens with one attached hydrogen (secondary N) is 2. The van der Waals surface area contributed by atoms with Crippen LogP contribution in [0.3, 0.4) is 0 Å². The van der Waals surface area contributed by atoms with Crippen LogP contribution in [0.2, 0.25) is 0 Å². The lowest BCUT2D eigenvalue weighted by atomic mass is 9.78. The van der Waals surface area contributed by atoms with Crippen LogP contribution in [0.25, 0.3) is 0 Å². The van der Waals surface area contributed by atoms with Gasteiger partial charge in [0.05, 0.1) is 5.60 Å². The smallest absolute Gasteiger partial charge is 0.317 e. The maximum absolute atomic E-state index is 12.3. The molecule has 7 heteroatoms. The van der Waals surface area contributed by atoms with Gasteiger partial charge >= 0.3 is 6.03 Å². The number of nitrogens with zero attached hydrogens (tertiary/aromatic N) is 2. The van der Waals surface area contributed by atoms with Gasteiger partial charge in [0.1, 0.15) is 0 Å². The van der Waals surface area contributed by atoms with Crippen LogP contribution in [0.1, 0.15) is 56.3 Å². The van der Waals surface area contributed by atoms with Crippen LogP contribution in [-0.4, -0.2) is 60.2 Å². The second-order valence-corrected chi connectivity index (χ2v) is 8.74. The number of pyridine rings is 1. The predicted octanol–water partition coefficient (Wildman–Crippen LogP) is 2.83. The van der Waals surface area contributed by atoms with Crippen LogP contribution in [0.4, 0.5) is 4.79 Å². The van der Waals surface area contributed by atoms with Crippen molar-refractivity contribution in [2.45, 2.75) is 51.6 Å². The van der Waals surface area contributed by atoms with Crippen molar-refractivity contribution in [3.8, 4) is 0 Å². The number of likely N-dealkylation sites (tertiary alicyclic amines) is 1. The fourth-order valence-electron chi connectivity index (χ4n) is 4.24. The third kappa shape index (κ3) is 6.16. The molecule has 0 bridgehead atoms. The summed E-state index contributed by atoms with van der Waals surface area (Å²) in [6.45, 7) is 7.84. The molecule has 3 amide bonds. The van der Waals surface area contributed by atoms with Crippen molar-refractivity contribution in [3.63, 3.8) is 0 Å². The van der Waals surface area contributed by atoms with Gasteiger partial charge in [-0.1, -0.05) is 13.8 Å². The second-order valence-electron chi connectivity index (χ2n) is 8.74. The Kier molecular flexibility index (Phi) is 7.47. The number of amides is 3. The summed E-state index contributed by atoms with van der Waals surface area (Å²) in [6.07, 6.45) is 8.05. The minimum atomic E-state index is -0.104. The van der Waals surface area contributed by atoms with E-state index in [1.807, 2.05) is 4.90 Å². The molecule has 2 fully saturated rings. The summed E-state index contributed by atoms with van der Waals surface area (Å²) in [6, 6.07) is 3.49. The highest BCUT2D eigenvalue weighted by Gasteiger charge is 2.40. The van der Waals surface area contributed by atoms with E-state index >= 15 is 0 Å². The predicted molar refractivity (Wildman–Crippen MR) is 112 cm³/mol. The molecule has 1 aromatic heterocycles. The number of ether oxygens (including phenoxy) is 1. The molecule has 160 valence electrons. The monoisotopic (exact) mass is 402 g/mol. The van der Waals surface area contributed by atoms with E-state index in [0.29, 0.717) is 30.5 Å². The van der Waals surface area contributed by atoms with Gasteiger partial charge < -0.3 is 20.3 Å². The van der Waals surface area contributed by atoms with E-state index in [2.05, 4.69) is 29.5 Å². The fraction of sp³-hybridized carbons (Fsp3) is 0.682. The van der Waals surface area contributed by atoms with Crippen molar-refractivity contribution in [2.24, 2.45) is 11.8 Å². The molecule has 7 nitrogen and oxygen atoms in total. The largest absolute Gasteiger partial charge is 0.375 e. The first-order valence-corrected chi connectivity index (χ1v) is 10.8. The molecule has 1 unspecified atom stereocenters. The molecule has 2 N–H and O–H groups in total. The van der Waals surface area contributed by atoms with Gasteiger partial charge in [-0.3, -0.25) is 9.78 Å². The first-order valence-electron chi connectivity index (χ1n) is 10.8. The minimum Gasteiger partial charge on any atom is -0.375 e. The quantitative estimate of drug-likeness (QED) is 0.766. The molecule has 1 atom stereocenters. The number of piperidine rings is 1. The molecule has 29 heavy (non-hydrogen) atoms. The molecule has 3 heterocycles. The Bertz CT molecular complexity index is 672. The molecule has 1 aromatic rings. The van der Waals surface area contributed by atoms with Crippen LogP contribution in [-0.2, 0) is 4.74 Å². The van der Waals surface area contributed by atoms with Gasteiger partial charge in [0.2, 0.25) is 0 Å². The van der Waals surface area contributed by atoms with Crippen molar-refractivity contribution in [2.75, 3.05) is 32.8 Å². The fourth-order valence-corrected chi connectivity index (χ4v) is 4.24. The standard InChI is InChI=1S/C22H34N4O3/c1-17(2)16-25-21(28)26-12-7-22(8-13-26)15-18(6-14-29-22)3-11-24-20(27)19-4-9-23-10-5-19/h4-5,9-10,17-18H,3,6-8,11-16H2,1-2H3,(H,24,27)(H,25,28). The molecule has 2 aliphatic heterocycles. The summed E-state index contributed by atoms with van der Waals surface area (Å²) in [5.74, 6) is 0.953. The molecule has 0 radical (unpaired) electrons. The molecule has 2 aliphatic rings. The highest BCUT2D eigenvalue weighted by molar-refractivity contribution is 5.93. The van der Waals surface area contributed by atoms with Crippen molar-refractivity contribution in [1.29, 1.82) is 0 Å². The summed E-state index contributed by atoms with van der Waals surface area (Å²) < 4.78 is 6.21. The highest BCUT2D eigenvalue weighted by Crippen LogP contribution is 2.38. The Balaban J connectivity index is 1.41.